The smallest absolute Gasteiger partial charge is 0.238 e. The van der Waals surface area contributed by atoms with Crippen molar-refractivity contribution in [1.82, 2.24) is 4.57 Å². The number of hydrogen-bond donors (Lipinski definition) is 0. The van der Waals surface area contributed by atoms with Gasteiger partial charge in [0, 0.05) is 46.5 Å². The van der Waals surface area contributed by atoms with Crippen molar-refractivity contribution in [2.75, 3.05) is 0 Å². The Hall–Kier alpha value is -5.14. The largest absolute Gasteiger partial charge is 0.436 e. The van der Waals surface area contributed by atoms with E-state index < -0.39 is 0 Å². The average Bonchev–Trinajstić information content (AvgIpc) is 3.52. The van der Waals surface area contributed by atoms with Gasteiger partial charge >= 0.3 is 0 Å². The third-order valence-electron chi connectivity index (χ3n) is 6.84. The minimum atomic E-state index is 0.306. The molecule has 0 aliphatic heterocycles. The number of furan rings is 1. The summed E-state index contributed by atoms with van der Waals surface area (Å²) in [5.74, 6) is 0.948. The Bertz CT molecular complexity index is 1800. The molecule has 0 amide bonds. The van der Waals surface area contributed by atoms with E-state index in [1.165, 1.54) is 11.1 Å². The van der Waals surface area contributed by atoms with Gasteiger partial charge in [-0.25, -0.2) is 4.99 Å². The van der Waals surface area contributed by atoms with Gasteiger partial charge in [0.2, 0.25) is 5.88 Å². The number of rotatable bonds is 6. The summed E-state index contributed by atoms with van der Waals surface area (Å²) in [4.78, 5) is 4.74. The Labute approximate surface area is 221 Å². The molecular weight excluding hydrogens is 466 g/mol. The standard InChI is InChI=1S/C34H25N3O/c1-24-12-8-9-17-27(24)22-37-23-28(29-18-10-11-19-31(29)37)21-36-34-30(20-35)32(25-13-4-2-5-14-25)33(38-34)26-15-6-3-7-16-26/h2-19,21,23H,22H2,1H3. The number of aromatic nitrogens is 1. The molecule has 0 saturated carbocycles. The summed E-state index contributed by atoms with van der Waals surface area (Å²) < 4.78 is 8.55. The third kappa shape index (κ3) is 4.31. The van der Waals surface area contributed by atoms with E-state index >= 15 is 0 Å². The summed E-state index contributed by atoms with van der Waals surface area (Å²) in [5, 5.41) is 11.3. The summed E-state index contributed by atoms with van der Waals surface area (Å²) in [5.41, 5.74) is 7.64. The maximum absolute atomic E-state index is 10.2. The first-order chi connectivity index (χ1) is 18.7. The zero-order valence-electron chi connectivity index (χ0n) is 21.0. The van der Waals surface area contributed by atoms with Crippen LogP contribution in [0.4, 0.5) is 5.88 Å². The lowest BCUT2D eigenvalue weighted by molar-refractivity contribution is 0.593. The van der Waals surface area contributed by atoms with E-state index in [9.17, 15) is 5.26 Å². The van der Waals surface area contributed by atoms with Gasteiger partial charge in [0.25, 0.3) is 0 Å². The van der Waals surface area contributed by atoms with Crippen LogP contribution in [0.3, 0.4) is 0 Å². The van der Waals surface area contributed by atoms with Crippen LogP contribution >= 0.6 is 0 Å². The SMILES string of the molecule is Cc1ccccc1Cn1cc(C=Nc2oc(-c3ccccc3)c(-c3ccccc3)c2C#N)c2ccccc21. The second kappa shape index (κ2) is 10.1. The number of hydrogen-bond acceptors (Lipinski definition) is 3. The molecule has 0 aliphatic rings. The molecule has 0 radical (unpaired) electrons. The van der Waals surface area contributed by atoms with Crippen molar-refractivity contribution < 1.29 is 4.42 Å². The van der Waals surface area contributed by atoms with Crippen molar-refractivity contribution in [3.63, 3.8) is 0 Å². The quantitative estimate of drug-likeness (QED) is 0.219. The summed E-state index contributed by atoms with van der Waals surface area (Å²) >= 11 is 0. The monoisotopic (exact) mass is 491 g/mol. The van der Waals surface area contributed by atoms with Crippen LogP contribution in [0.25, 0.3) is 33.4 Å². The first-order valence-corrected chi connectivity index (χ1v) is 12.6. The highest BCUT2D eigenvalue weighted by Gasteiger charge is 2.22. The number of para-hydroxylation sites is 1. The molecule has 0 aliphatic carbocycles. The van der Waals surface area contributed by atoms with Gasteiger partial charge in [-0.1, -0.05) is 103 Å². The van der Waals surface area contributed by atoms with Crippen LogP contribution in [0.5, 0.6) is 0 Å². The number of fused-ring (bicyclic) bond motifs is 1. The van der Waals surface area contributed by atoms with E-state index in [2.05, 4.69) is 66.2 Å². The third-order valence-corrected chi connectivity index (χ3v) is 6.84. The van der Waals surface area contributed by atoms with E-state index in [1.807, 2.05) is 66.7 Å². The fourth-order valence-electron chi connectivity index (χ4n) is 4.89. The Morgan fingerprint density at radius 1 is 0.816 bits per heavy atom. The summed E-state index contributed by atoms with van der Waals surface area (Å²) in [6, 6.07) is 38.8. The molecule has 2 aromatic heterocycles. The van der Waals surface area contributed by atoms with Gasteiger partial charge in [0.05, 0.1) is 0 Å². The van der Waals surface area contributed by atoms with Crippen LogP contribution in [0, 0.1) is 18.3 Å². The van der Waals surface area contributed by atoms with Gasteiger partial charge in [-0.15, -0.1) is 0 Å². The highest BCUT2D eigenvalue weighted by Crippen LogP contribution is 2.42. The topological polar surface area (TPSA) is 54.2 Å². The van der Waals surface area contributed by atoms with Crippen LogP contribution < -0.4 is 0 Å². The van der Waals surface area contributed by atoms with Crippen molar-refractivity contribution in [1.29, 1.82) is 5.26 Å². The molecule has 6 aromatic rings. The average molecular weight is 492 g/mol. The van der Waals surface area contributed by atoms with E-state index in [4.69, 9.17) is 9.41 Å². The molecule has 182 valence electrons. The second-order valence-electron chi connectivity index (χ2n) is 9.24. The highest BCUT2D eigenvalue weighted by atomic mass is 16.4. The molecule has 4 heteroatoms. The van der Waals surface area contributed by atoms with Crippen LogP contribution in [0.15, 0.2) is 125 Å². The molecule has 38 heavy (non-hydrogen) atoms. The Morgan fingerprint density at radius 3 is 2.21 bits per heavy atom. The summed E-state index contributed by atoms with van der Waals surface area (Å²) in [6.07, 6.45) is 3.92. The zero-order chi connectivity index (χ0) is 25.9. The number of aryl methyl sites for hydroxylation is 1. The molecule has 4 nitrogen and oxygen atoms in total. The number of nitriles is 1. The molecule has 2 heterocycles. The second-order valence-corrected chi connectivity index (χ2v) is 9.24. The van der Waals surface area contributed by atoms with E-state index in [0.29, 0.717) is 17.2 Å². The van der Waals surface area contributed by atoms with E-state index in [-0.39, 0.29) is 0 Å². The predicted molar refractivity (Wildman–Crippen MR) is 154 cm³/mol. The number of benzene rings is 4. The minimum Gasteiger partial charge on any atom is -0.436 e. The lowest BCUT2D eigenvalue weighted by Gasteiger charge is -2.08. The van der Waals surface area contributed by atoms with E-state index in [0.717, 1.165) is 39.7 Å². The molecule has 0 atom stereocenters. The molecule has 0 unspecified atom stereocenters. The maximum atomic E-state index is 10.2. The lowest BCUT2D eigenvalue weighted by atomic mass is 9.98. The maximum Gasteiger partial charge on any atom is 0.238 e. The first kappa shape index (κ1) is 23.3. The molecule has 0 bridgehead atoms. The Balaban J connectivity index is 1.46. The minimum absolute atomic E-state index is 0.306. The van der Waals surface area contributed by atoms with Crippen LogP contribution in [-0.4, -0.2) is 10.8 Å². The molecule has 0 fully saturated rings. The number of nitrogens with zero attached hydrogens (tertiary/aromatic N) is 3. The summed E-state index contributed by atoms with van der Waals surface area (Å²) in [6.45, 7) is 2.90. The van der Waals surface area contributed by atoms with Gasteiger partial charge in [-0.2, -0.15) is 5.26 Å². The van der Waals surface area contributed by atoms with Crippen molar-refractivity contribution in [2.45, 2.75) is 13.5 Å². The van der Waals surface area contributed by atoms with Crippen LogP contribution in [-0.2, 0) is 6.54 Å². The molecule has 6 rings (SSSR count). The summed E-state index contributed by atoms with van der Waals surface area (Å²) in [7, 11) is 0. The van der Waals surface area contributed by atoms with Crippen molar-refractivity contribution >= 4 is 23.0 Å². The first-order valence-electron chi connectivity index (χ1n) is 12.6. The molecule has 0 N–H and O–H groups in total. The van der Waals surface area contributed by atoms with Crippen LogP contribution in [0.2, 0.25) is 0 Å². The van der Waals surface area contributed by atoms with Crippen LogP contribution in [0.1, 0.15) is 22.3 Å². The van der Waals surface area contributed by atoms with Gasteiger partial charge < -0.3 is 8.98 Å². The zero-order valence-corrected chi connectivity index (χ0v) is 21.0. The van der Waals surface area contributed by atoms with Crippen molar-refractivity contribution in [3.05, 3.63) is 138 Å². The number of aliphatic imine (C=N–C) groups is 1. The fraction of sp³-hybridized carbons (Fsp3) is 0.0588. The van der Waals surface area contributed by atoms with Gasteiger partial charge in [-0.3, -0.25) is 0 Å². The lowest BCUT2D eigenvalue weighted by Crippen LogP contribution is -1.99. The highest BCUT2D eigenvalue weighted by molar-refractivity contribution is 6.00. The molecular formula is C34H25N3O. The van der Waals surface area contributed by atoms with Crippen molar-refractivity contribution in [3.8, 4) is 28.5 Å². The predicted octanol–water partition coefficient (Wildman–Crippen LogP) is 8.55. The van der Waals surface area contributed by atoms with Crippen molar-refractivity contribution in [2.24, 2.45) is 4.99 Å². The molecule has 0 spiro atoms. The normalized spacial score (nSPS) is 11.3. The fourth-order valence-corrected chi connectivity index (χ4v) is 4.89. The molecule has 4 aromatic carbocycles. The van der Waals surface area contributed by atoms with E-state index in [1.54, 1.807) is 6.21 Å². The van der Waals surface area contributed by atoms with Gasteiger partial charge in [0.1, 0.15) is 17.4 Å². The van der Waals surface area contributed by atoms with Gasteiger partial charge in [-0.05, 0) is 29.7 Å². The Morgan fingerprint density at radius 2 is 1.47 bits per heavy atom. The Kier molecular flexibility index (Phi) is 6.17. The van der Waals surface area contributed by atoms with Gasteiger partial charge in [0.15, 0.2) is 0 Å². The molecule has 0 saturated heterocycles.